The molecule has 0 radical (unpaired) electrons. The Hall–Kier alpha value is -1.77. The molecule has 0 aliphatic carbocycles. The third-order valence-electron chi connectivity index (χ3n) is 2.10. The van der Waals surface area contributed by atoms with Crippen LogP contribution in [-0.2, 0) is 10.0 Å². The first-order valence-electron chi connectivity index (χ1n) is 4.80. The molecule has 0 aliphatic rings. The molecule has 0 saturated heterocycles. The Morgan fingerprint density at radius 3 is 2.33 bits per heavy atom. The van der Waals surface area contributed by atoms with Crippen molar-refractivity contribution in [2.24, 2.45) is 0 Å². The van der Waals surface area contributed by atoms with Gasteiger partial charge in [-0.05, 0) is 13.8 Å². The smallest absolute Gasteiger partial charge is 0.274 e. The van der Waals surface area contributed by atoms with Gasteiger partial charge >= 0.3 is 0 Å². The molecule has 0 spiro atoms. The van der Waals surface area contributed by atoms with E-state index in [9.17, 15) is 27.3 Å². The quantitative estimate of drug-likeness (QED) is 0.675. The van der Waals surface area contributed by atoms with Crippen molar-refractivity contribution in [2.75, 3.05) is 4.72 Å². The van der Waals surface area contributed by atoms with Crippen LogP contribution in [0, 0.1) is 21.7 Å². The van der Waals surface area contributed by atoms with Gasteiger partial charge in [-0.25, -0.2) is 17.2 Å². The number of nitrogens with one attached hydrogen (secondary N) is 1. The van der Waals surface area contributed by atoms with E-state index in [1.165, 1.54) is 13.8 Å². The molecule has 6 nitrogen and oxygen atoms in total. The molecule has 0 atom stereocenters. The molecule has 9 heteroatoms. The van der Waals surface area contributed by atoms with Crippen molar-refractivity contribution in [1.29, 1.82) is 0 Å². The third-order valence-corrected chi connectivity index (χ3v) is 3.83. The average Bonchev–Trinajstić information content (AvgIpc) is 2.21. The van der Waals surface area contributed by atoms with Crippen molar-refractivity contribution in [2.45, 2.75) is 19.1 Å². The second-order valence-corrected chi connectivity index (χ2v) is 5.97. The molecular weight excluding hydrogens is 270 g/mol. The monoisotopic (exact) mass is 280 g/mol. The van der Waals surface area contributed by atoms with Gasteiger partial charge in [0, 0.05) is 6.07 Å². The van der Waals surface area contributed by atoms with E-state index in [1.807, 2.05) is 0 Å². The number of nitrogens with zero attached hydrogens (tertiary/aromatic N) is 1. The van der Waals surface area contributed by atoms with Gasteiger partial charge < -0.3 is 0 Å². The summed E-state index contributed by atoms with van der Waals surface area (Å²) in [5.74, 6) is -2.50. The highest BCUT2D eigenvalue weighted by atomic mass is 32.2. The molecule has 0 fully saturated rings. The van der Waals surface area contributed by atoms with Gasteiger partial charge in [0.15, 0.2) is 11.5 Å². The lowest BCUT2D eigenvalue weighted by molar-refractivity contribution is -0.384. The van der Waals surface area contributed by atoms with Crippen molar-refractivity contribution >= 4 is 21.4 Å². The topological polar surface area (TPSA) is 89.3 Å². The van der Waals surface area contributed by atoms with E-state index < -0.39 is 43.2 Å². The minimum absolute atomic E-state index is 0.366. The molecule has 1 N–H and O–H groups in total. The maximum Gasteiger partial charge on any atom is 0.299 e. The normalized spacial score (nSPS) is 11.6. The van der Waals surface area contributed by atoms with Gasteiger partial charge in [0.2, 0.25) is 10.0 Å². The summed E-state index contributed by atoms with van der Waals surface area (Å²) in [6.07, 6.45) is 0. The molecule has 0 aromatic heterocycles. The lowest BCUT2D eigenvalue weighted by atomic mass is 10.2. The molecule has 0 bridgehead atoms. The van der Waals surface area contributed by atoms with Crippen LogP contribution in [0.15, 0.2) is 12.1 Å². The van der Waals surface area contributed by atoms with Crippen molar-refractivity contribution < 1.29 is 22.1 Å². The maximum atomic E-state index is 13.4. The summed E-state index contributed by atoms with van der Waals surface area (Å²) in [6, 6.07) is 0.812. The summed E-state index contributed by atoms with van der Waals surface area (Å²) in [5.41, 5.74) is -1.84. The van der Waals surface area contributed by atoms with Crippen LogP contribution in [0.4, 0.5) is 20.2 Å². The van der Waals surface area contributed by atoms with Crippen molar-refractivity contribution in [3.05, 3.63) is 33.9 Å². The van der Waals surface area contributed by atoms with Crippen LogP contribution in [0.5, 0.6) is 0 Å². The minimum atomic E-state index is -3.96. The first-order valence-corrected chi connectivity index (χ1v) is 6.35. The van der Waals surface area contributed by atoms with Gasteiger partial charge in [0.25, 0.3) is 5.69 Å². The zero-order chi connectivity index (χ0) is 14.1. The van der Waals surface area contributed by atoms with Crippen molar-refractivity contribution in [3.63, 3.8) is 0 Å². The SMILES string of the molecule is CC(C)S(=O)(=O)Nc1c(F)cc(F)cc1[N+](=O)[O-]. The molecule has 1 aromatic rings. The average molecular weight is 280 g/mol. The van der Waals surface area contributed by atoms with Gasteiger partial charge in [0.1, 0.15) is 5.82 Å². The number of sulfonamides is 1. The molecule has 1 rings (SSSR count). The van der Waals surface area contributed by atoms with Crippen LogP contribution >= 0.6 is 0 Å². The summed E-state index contributed by atoms with van der Waals surface area (Å²) in [7, 11) is -3.96. The number of nitro benzene ring substituents is 1. The third kappa shape index (κ3) is 2.92. The number of halogens is 2. The first-order chi connectivity index (χ1) is 8.15. The van der Waals surface area contributed by atoms with Crippen LogP contribution < -0.4 is 4.72 Å². The van der Waals surface area contributed by atoms with Gasteiger partial charge in [-0.2, -0.15) is 0 Å². The second-order valence-electron chi connectivity index (χ2n) is 3.73. The summed E-state index contributed by atoms with van der Waals surface area (Å²) in [6.45, 7) is 2.63. The predicted octanol–water partition coefficient (Wildman–Crippen LogP) is 2.02. The Balaban J connectivity index is 3.37. The van der Waals surface area contributed by atoms with Crippen LogP contribution in [-0.4, -0.2) is 18.6 Å². The Labute approximate surface area is 102 Å². The maximum absolute atomic E-state index is 13.4. The zero-order valence-electron chi connectivity index (χ0n) is 9.48. The van der Waals surface area contributed by atoms with Crippen molar-refractivity contribution in [3.8, 4) is 0 Å². The highest BCUT2D eigenvalue weighted by molar-refractivity contribution is 7.93. The predicted molar refractivity (Wildman–Crippen MR) is 60.7 cm³/mol. The molecule has 0 saturated carbocycles. The zero-order valence-corrected chi connectivity index (χ0v) is 10.3. The van der Waals surface area contributed by atoms with Crippen LogP contribution in [0.25, 0.3) is 0 Å². The molecule has 0 unspecified atom stereocenters. The molecule has 0 amide bonds. The standard InChI is InChI=1S/C9H10F2N2O4S/c1-5(2)18(16,17)12-9-7(11)3-6(10)4-8(9)13(14)15/h3-5,12H,1-2H3. The summed E-state index contributed by atoms with van der Waals surface area (Å²) < 4.78 is 51.0. The van der Waals surface area contributed by atoms with Crippen LogP contribution in [0.1, 0.15) is 13.8 Å². The van der Waals surface area contributed by atoms with E-state index in [4.69, 9.17) is 0 Å². The fourth-order valence-corrected chi connectivity index (χ4v) is 1.79. The van der Waals surface area contributed by atoms with Crippen LogP contribution in [0.3, 0.4) is 0 Å². The fourth-order valence-electron chi connectivity index (χ4n) is 1.07. The molecule has 100 valence electrons. The largest absolute Gasteiger partial charge is 0.299 e. The summed E-state index contributed by atoms with van der Waals surface area (Å²) >= 11 is 0. The van der Waals surface area contributed by atoms with Crippen molar-refractivity contribution in [1.82, 2.24) is 0 Å². The number of benzene rings is 1. The highest BCUT2D eigenvalue weighted by Gasteiger charge is 2.26. The van der Waals surface area contributed by atoms with Gasteiger partial charge in [-0.3, -0.25) is 14.8 Å². The number of hydrogen-bond donors (Lipinski definition) is 1. The lowest BCUT2D eigenvalue weighted by Crippen LogP contribution is -2.23. The summed E-state index contributed by atoms with van der Waals surface area (Å²) in [5, 5.41) is 9.70. The lowest BCUT2D eigenvalue weighted by Gasteiger charge is -2.11. The molecule has 0 heterocycles. The molecule has 1 aromatic carbocycles. The molecule has 0 aliphatic heterocycles. The van der Waals surface area contributed by atoms with Crippen LogP contribution in [0.2, 0.25) is 0 Å². The second kappa shape index (κ2) is 4.84. The summed E-state index contributed by atoms with van der Waals surface area (Å²) in [4.78, 5) is 9.55. The van der Waals surface area contributed by atoms with E-state index >= 15 is 0 Å². The first kappa shape index (κ1) is 14.3. The van der Waals surface area contributed by atoms with E-state index in [1.54, 1.807) is 4.72 Å². The van der Waals surface area contributed by atoms with Gasteiger partial charge in [-0.15, -0.1) is 0 Å². The number of anilines is 1. The Kier molecular flexibility index (Phi) is 3.85. The minimum Gasteiger partial charge on any atom is -0.274 e. The highest BCUT2D eigenvalue weighted by Crippen LogP contribution is 2.29. The van der Waals surface area contributed by atoms with E-state index in [0.717, 1.165) is 0 Å². The Morgan fingerprint density at radius 1 is 1.33 bits per heavy atom. The Morgan fingerprint density at radius 2 is 1.89 bits per heavy atom. The van der Waals surface area contributed by atoms with Gasteiger partial charge in [0.05, 0.1) is 16.2 Å². The number of hydrogen-bond acceptors (Lipinski definition) is 4. The number of nitro groups is 1. The van der Waals surface area contributed by atoms with Gasteiger partial charge in [-0.1, -0.05) is 0 Å². The number of rotatable bonds is 4. The molecule has 18 heavy (non-hydrogen) atoms. The van der Waals surface area contributed by atoms with E-state index in [2.05, 4.69) is 0 Å². The van der Waals surface area contributed by atoms with E-state index in [-0.39, 0.29) is 0 Å². The van der Waals surface area contributed by atoms with E-state index in [0.29, 0.717) is 12.1 Å². The fraction of sp³-hybridized carbons (Fsp3) is 0.333. The Bertz CT molecular complexity index is 586. The molecular formula is C9H10F2N2O4S.